The molecule has 0 heterocycles. The van der Waals surface area contributed by atoms with E-state index in [2.05, 4.69) is 19.2 Å². The van der Waals surface area contributed by atoms with Crippen LogP contribution in [0.3, 0.4) is 0 Å². The molecule has 0 spiro atoms. The zero-order valence-corrected chi connectivity index (χ0v) is 13.8. The molecular formula is C17H29NOS. The van der Waals surface area contributed by atoms with Crippen LogP contribution in [0.5, 0.6) is 0 Å². The molecule has 0 fully saturated rings. The summed E-state index contributed by atoms with van der Waals surface area (Å²) in [5, 5.41) is 3.48. The van der Waals surface area contributed by atoms with Crippen molar-refractivity contribution in [3.63, 3.8) is 0 Å². The zero-order valence-electron chi connectivity index (χ0n) is 12.9. The maximum absolute atomic E-state index is 12.1. The van der Waals surface area contributed by atoms with E-state index in [0.29, 0.717) is 11.8 Å². The Morgan fingerprint density at radius 3 is 2.40 bits per heavy atom. The summed E-state index contributed by atoms with van der Waals surface area (Å²) in [6.07, 6.45) is 7.91. The molecule has 1 aromatic carbocycles. The Kier molecular flexibility index (Phi) is 9.60. The van der Waals surface area contributed by atoms with Crippen molar-refractivity contribution in [1.29, 1.82) is 0 Å². The second kappa shape index (κ2) is 11.0. The van der Waals surface area contributed by atoms with Gasteiger partial charge in [0.25, 0.3) is 0 Å². The molecule has 0 aliphatic heterocycles. The van der Waals surface area contributed by atoms with Crippen LogP contribution in [0, 0.1) is 0 Å². The molecule has 114 valence electrons. The van der Waals surface area contributed by atoms with Crippen LogP contribution in [0.1, 0.15) is 52.4 Å². The molecule has 0 saturated carbocycles. The Bertz CT molecular complexity index is 367. The number of benzene rings is 1. The molecule has 0 bridgehead atoms. The molecule has 0 amide bonds. The standard InChI is InChI=1S/C17H29NOS/c1-3-4-5-6-7-11-14-18-16(2)15-20(19)17-12-9-8-10-13-17/h8-10,12-13,16,18H,3-7,11,14-15H2,1-2H3/t16-,20-/m1/s1. The second-order valence-electron chi connectivity index (χ2n) is 5.45. The number of hydrogen-bond donors (Lipinski definition) is 1. The van der Waals surface area contributed by atoms with Gasteiger partial charge in [-0.25, -0.2) is 0 Å². The Labute approximate surface area is 126 Å². The Morgan fingerprint density at radius 2 is 1.70 bits per heavy atom. The lowest BCUT2D eigenvalue weighted by Crippen LogP contribution is -2.32. The molecular weight excluding hydrogens is 266 g/mol. The van der Waals surface area contributed by atoms with Crippen LogP contribution in [-0.2, 0) is 10.8 Å². The first-order valence-electron chi connectivity index (χ1n) is 7.91. The molecule has 0 radical (unpaired) electrons. The van der Waals surface area contributed by atoms with E-state index in [4.69, 9.17) is 0 Å². The average Bonchev–Trinajstić information content (AvgIpc) is 2.47. The number of rotatable bonds is 11. The van der Waals surface area contributed by atoms with Gasteiger partial charge in [-0.1, -0.05) is 57.2 Å². The molecule has 0 saturated heterocycles. The minimum atomic E-state index is -0.888. The van der Waals surface area contributed by atoms with Crippen molar-refractivity contribution in [1.82, 2.24) is 5.32 Å². The van der Waals surface area contributed by atoms with Gasteiger partial charge in [0.1, 0.15) is 0 Å². The molecule has 1 rings (SSSR count). The second-order valence-corrected chi connectivity index (χ2v) is 6.94. The van der Waals surface area contributed by atoms with Crippen LogP contribution in [0.4, 0.5) is 0 Å². The first-order valence-corrected chi connectivity index (χ1v) is 9.22. The van der Waals surface area contributed by atoms with Gasteiger partial charge in [0.15, 0.2) is 0 Å². The summed E-state index contributed by atoms with van der Waals surface area (Å²) in [6, 6.07) is 10.0. The topological polar surface area (TPSA) is 29.1 Å². The van der Waals surface area contributed by atoms with Crippen molar-refractivity contribution in [3.8, 4) is 0 Å². The highest BCUT2D eigenvalue weighted by Gasteiger charge is 2.08. The highest BCUT2D eigenvalue weighted by molar-refractivity contribution is 7.85. The fraction of sp³-hybridized carbons (Fsp3) is 0.647. The summed E-state index contributed by atoms with van der Waals surface area (Å²) in [5.74, 6) is 0.694. The maximum Gasteiger partial charge on any atom is 0.0545 e. The monoisotopic (exact) mass is 295 g/mol. The van der Waals surface area contributed by atoms with Crippen molar-refractivity contribution < 1.29 is 4.21 Å². The summed E-state index contributed by atoms with van der Waals surface area (Å²) in [5.41, 5.74) is 0. The highest BCUT2D eigenvalue weighted by Crippen LogP contribution is 2.07. The van der Waals surface area contributed by atoms with Crippen molar-refractivity contribution in [2.24, 2.45) is 0 Å². The lowest BCUT2D eigenvalue weighted by atomic mass is 10.1. The lowest BCUT2D eigenvalue weighted by molar-refractivity contribution is 0.536. The van der Waals surface area contributed by atoms with E-state index in [-0.39, 0.29) is 0 Å². The first-order chi connectivity index (χ1) is 9.74. The molecule has 0 aliphatic carbocycles. The third-order valence-electron chi connectivity index (χ3n) is 3.43. The van der Waals surface area contributed by atoms with E-state index < -0.39 is 10.8 Å². The van der Waals surface area contributed by atoms with Gasteiger partial charge in [0.2, 0.25) is 0 Å². The fourth-order valence-corrected chi connectivity index (χ4v) is 3.43. The minimum absolute atomic E-state index is 0.312. The molecule has 0 aliphatic rings. The number of unbranched alkanes of at least 4 members (excludes halogenated alkanes) is 5. The van der Waals surface area contributed by atoms with Gasteiger partial charge in [-0.3, -0.25) is 4.21 Å². The van der Waals surface area contributed by atoms with Gasteiger partial charge in [-0.05, 0) is 32.0 Å². The maximum atomic E-state index is 12.1. The van der Waals surface area contributed by atoms with Crippen molar-refractivity contribution in [2.75, 3.05) is 12.3 Å². The number of nitrogens with one attached hydrogen (secondary N) is 1. The first kappa shape index (κ1) is 17.4. The van der Waals surface area contributed by atoms with Crippen LogP contribution in [0.15, 0.2) is 35.2 Å². The highest BCUT2D eigenvalue weighted by atomic mass is 32.2. The molecule has 2 nitrogen and oxygen atoms in total. The van der Waals surface area contributed by atoms with Gasteiger partial charge >= 0.3 is 0 Å². The summed E-state index contributed by atoms with van der Waals surface area (Å²) < 4.78 is 12.1. The SMILES string of the molecule is CCCCCCCCN[C@H](C)C[S@@](=O)c1ccccc1. The predicted octanol–water partition coefficient (Wildman–Crippen LogP) is 4.13. The number of hydrogen-bond acceptors (Lipinski definition) is 2. The van der Waals surface area contributed by atoms with Crippen LogP contribution in [0.25, 0.3) is 0 Å². The largest absolute Gasteiger partial charge is 0.313 e. The van der Waals surface area contributed by atoms with E-state index in [1.54, 1.807) is 0 Å². The zero-order chi connectivity index (χ0) is 14.6. The third-order valence-corrected chi connectivity index (χ3v) is 5.03. The Morgan fingerprint density at radius 1 is 1.05 bits per heavy atom. The van der Waals surface area contributed by atoms with Gasteiger partial charge in [0, 0.05) is 16.7 Å². The van der Waals surface area contributed by atoms with E-state index in [9.17, 15) is 4.21 Å². The lowest BCUT2D eigenvalue weighted by Gasteiger charge is -2.13. The molecule has 1 N–H and O–H groups in total. The summed E-state index contributed by atoms with van der Waals surface area (Å²) in [4.78, 5) is 0.931. The molecule has 0 unspecified atom stereocenters. The molecule has 2 atom stereocenters. The molecule has 20 heavy (non-hydrogen) atoms. The van der Waals surface area contributed by atoms with Crippen molar-refractivity contribution in [3.05, 3.63) is 30.3 Å². The van der Waals surface area contributed by atoms with E-state index in [0.717, 1.165) is 11.4 Å². The third kappa shape index (κ3) is 7.81. The van der Waals surface area contributed by atoms with Crippen LogP contribution >= 0.6 is 0 Å². The normalized spacial score (nSPS) is 14.1. The average molecular weight is 295 g/mol. The van der Waals surface area contributed by atoms with E-state index in [1.165, 1.54) is 38.5 Å². The van der Waals surface area contributed by atoms with E-state index in [1.807, 2.05) is 30.3 Å². The van der Waals surface area contributed by atoms with Gasteiger partial charge < -0.3 is 5.32 Å². The summed E-state index contributed by atoms with van der Waals surface area (Å²) >= 11 is 0. The quantitative estimate of drug-likeness (QED) is 0.622. The van der Waals surface area contributed by atoms with Crippen LogP contribution in [0.2, 0.25) is 0 Å². The van der Waals surface area contributed by atoms with Crippen molar-refractivity contribution >= 4 is 10.8 Å². The minimum Gasteiger partial charge on any atom is -0.313 e. The Hall–Kier alpha value is -0.670. The Balaban J connectivity index is 2.08. The molecule has 3 heteroatoms. The van der Waals surface area contributed by atoms with Crippen LogP contribution < -0.4 is 5.32 Å². The van der Waals surface area contributed by atoms with Gasteiger partial charge in [0.05, 0.1) is 10.8 Å². The summed E-state index contributed by atoms with van der Waals surface area (Å²) in [6.45, 7) is 5.41. The predicted molar refractivity (Wildman–Crippen MR) is 88.6 cm³/mol. The van der Waals surface area contributed by atoms with E-state index >= 15 is 0 Å². The fourth-order valence-electron chi connectivity index (χ4n) is 2.21. The van der Waals surface area contributed by atoms with Crippen LogP contribution in [-0.4, -0.2) is 22.5 Å². The smallest absolute Gasteiger partial charge is 0.0545 e. The summed E-state index contributed by atoms with van der Waals surface area (Å²) in [7, 11) is -0.888. The van der Waals surface area contributed by atoms with Crippen molar-refractivity contribution in [2.45, 2.75) is 63.3 Å². The van der Waals surface area contributed by atoms with Gasteiger partial charge in [-0.2, -0.15) is 0 Å². The molecule has 1 aromatic rings. The molecule has 0 aromatic heterocycles. The van der Waals surface area contributed by atoms with Gasteiger partial charge in [-0.15, -0.1) is 0 Å².